The zero-order valence-electron chi connectivity index (χ0n) is 66.0. The van der Waals surface area contributed by atoms with E-state index in [1.807, 2.05) is 72.8 Å². The lowest BCUT2D eigenvalue weighted by atomic mass is 9.39. The van der Waals surface area contributed by atoms with Crippen molar-refractivity contribution in [3.63, 3.8) is 0 Å². The van der Waals surface area contributed by atoms with E-state index in [0.717, 1.165) is 64.0 Å². The third-order valence-corrected chi connectivity index (χ3v) is 24.3. The van der Waals surface area contributed by atoms with E-state index in [9.17, 15) is 73.5 Å². The maximum absolute atomic E-state index is 14.6. The summed E-state index contributed by atoms with van der Waals surface area (Å²) in [7, 11) is 0. The van der Waals surface area contributed by atoms with Gasteiger partial charge in [0.05, 0.1) is 28.6 Å². The molecule has 4 aliphatic carbocycles. The van der Waals surface area contributed by atoms with Gasteiger partial charge in [-0.2, -0.15) is 5.10 Å². The number of carbonyl (C=O) groups excluding carboxylic acids is 8. The van der Waals surface area contributed by atoms with E-state index in [1.165, 1.54) is 40.5 Å². The number of anilines is 3. The summed E-state index contributed by atoms with van der Waals surface area (Å²) in [5, 5.41) is 68.6. The second kappa shape index (κ2) is 35.4. The van der Waals surface area contributed by atoms with Gasteiger partial charge in [0, 0.05) is 105 Å². The summed E-state index contributed by atoms with van der Waals surface area (Å²) >= 11 is 1.40. The number of urea groups is 1. The van der Waals surface area contributed by atoms with Crippen LogP contribution < -0.4 is 36.6 Å². The summed E-state index contributed by atoms with van der Waals surface area (Å²) in [5.74, 6) is -5.52. The molecule has 620 valence electrons. The van der Waals surface area contributed by atoms with Crippen molar-refractivity contribution < 1.29 is 92.4 Å². The Hall–Kier alpha value is -11.0. The van der Waals surface area contributed by atoms with Crippen LogP contribution in [0.3, 0.4) is 0 Å². The van der Waals surface area contributed by atoms with Crippen LogP contribution in [0.2, 0.25) is 0 Å². The smallest absolute Gasteiger partial charge is 0.410 e. The Balaban J connectivity index is 0.668. The van der Waals surface area contributed by atoms with E-state index < -0.39 is 84.1 Å². The number of thiazole rings is 1. The standard InChI is InChI=1S/C85H100N12O19S/c1-49(2)59(37-55(98)14-7-6-10-33-96-66(99)29-30-67(96)100)74(105)90-63(17-12-32-87-79(86)111)75(106)89-54-23-19-52(20-24-54)41-113-81(112)95(39-51-21-25-56(26-22-51)115-78-71(103)69(101)70(102)72(116-78)77(109)110)35-36-114-85-45-82(4)42-83(5,46-85)44-84(43-82,47-85)48-97-50(3)60(38-88-97)57-27-28-65(92-68(57)76(107)108)94-34-31-53-13-11-15-58(61(53)40-94)73(104)93-80-91-62-16-8-9-18-64(62)117-80/h8-9,11,13,15-16,18-30,38,49,59,63,69-72,78,101-103H,6-7,10,12,14,17,31-37,39-48H2,1-5H3,(H,89,106)(H,90,105)(H,107,108)(H,109,110)(H3,86,87,111)(H,91,93,104)/t59-,63-,69-,70-,71+,72-,78+,82?,83?,84?,85?/m0/s1. The molecule has 32 heteroatoms. The lowest BCUT2D eigenvalue weighted by molar-refractivity contribution is -0.271. The van der Waals surface area contributed by atoms with Gasteiger partial charge in [-0.15, -0.1) is 0 Å². The number of pyridine rings is 1. The number of rotatable bonds is 35. The van der Waals surface area contributed by atoms with Gasteiger partial charge in [0.1, 0.15) is 48.3 Å². The highest BCUT2D eigenvalue weighted by Crippen LogP contribution is 2.72. The Labute approximate surface area is 679 Å². The van der Waals surface area contributed by atoms with E-state index in [2.05, 4.69) is 40.1 Å². The second-order valence-corrected chi connectivity index (χ2v) is 34.2. The van der Waals surface area contributed by atoms with Crippen molar-refractivity contribution in [3.05, 3.63) is 161 Å². The third kappa shape index (κ3) is 19.7. The van der Waals surface area contributed by atoms with Crippen LogP contribution in [0.4, 0.5) is 26.2 Å². The number of Topliss-reactive ketones (excluding diaryl/α,β-unsaturated/α-hetero) is 1. The first-order valence-electron chi connectivity index (χ1n) is 39.7. The number of fused-ring (bicyclic) bond motifs is 2. The highest BCUT2D eigenvalue weighted by atomic mass is 32.1. The summed E-state index contributed by atoms with van der Waals surface area (Å²) in [6.45, 7) is 11.9. The minimum absolute atomic E-state index is 0.00446. The molecule has 1 saturated heterocycles. The van der Waals surface area contributed by atoms with Crippen molar-refractivity contribution in [3.8, 4) is 16.9 Å². The van der Waals surface area contributed by atoms with Crippen LogP contribution in [-0.4, -0.2) is 190 Å². The summed E-state index contributed by atoms with van der Waals surface area (Å²) in [4.78, 5) is 145. The average molecular weight is 1630 g/mol. The number of ether oxygens (including phenoxy) is 4. The molecule has 11 N–H and O–H groups in total. The van der Waals surface area contributed by atoms with Crippen molar-refractivity contribution in [1.29, 1.82) is 0 Å². The van der Waals surface area contributed by atoms with E-state index in [4.69, 9.17) is 34.8 Å². The van der Waals surface area contributed by atoms with Gasteiger partial charge >= 0.3 is 24.1 Å². The van der Waals surface area contributed by atoms with Crippen molar-refractivity contribution in [2.24, 2.45) is 33.8 Å². The van der Waals surface area contributed by atoms with Crippen molar-refractivity contribution in [2.45, 2.75) is 193 Å². The Bertz CT molecular complexity index is 4880. The van der Waals surface area contributed by atoms with Gasteiger partial charge in [0.2, 0.25) is 18.1 Å². The number of aromatic nitrogens is 4. The monoisotopic (exact) mass is 1620 g/mol. The number of nitrogens with one attached hydrogen (secondary N) is 4. The highest BCUT2D eigenvalue weighted by molar-refractivity contribution is 7.22. The van der Waals surface area contributed by atoms with Gasteiger partial charge in [0.25, 0.3) is 17.7 Å². The molecule has 7 aromatic rings. The number of primary amides is 1. The molecular weight excluding hydrogens is 1530 g/mol. The van der Waals surface area contributed by atoms with Gasteiger partial charge in [-0.25, -0.2) is 29.1 Å². The number of carbonyl (C=O) groups is 10. The number of aliphatic hydroxyl groups excluding tert-OH is 3. The number of nitrogens with two attached hydrogens (primary N) is 1. The minimum Gasteiger partial charge on any atom is -0.479 e. The fourth-order valence-electron chi connectivity index (χ4n) is 18.8. The molecular formula is C85H100N12O19S. The van der Waals surface area contributed by atoms with Crippen LogP contribution in [0.25, 0.3) is 21.3 Å². The minimum atomic E-state index is -1.93. The molecule has 117 heavy (non-hydrogen) atoms. The quantitative estimate of drug-likeness (QED) is 0.0131. The van der Waals surface area contributed by atoms with E-state index >= 15 is 0 Å². The van der Waals surface area contributed by atoms with Crippen LogP contribution >= 0.6 is 11.3 Å². The maximum atomic E-state index is 14.6. The average Bonchev–Trinajstić information content (AvgIpc) is 1.69. The molecule has 9 atom stereocenters. The van der Waals surface area contributed by atoms with Crippen LogP contribution in [-0.2, 0) is 75.6 Å². The molecule has 0 radical (unpaired) electrons. The lowest BCUT2D eigenvalue weighted by Crippen LogP contribution is -2.64. The fraction of sp³-hybridized carbons (Fsp3) is 0.471. The SMILES string of the molecule is Cc1c(-c2ccc(N3CCc4cccc(C(=O)Nc5nc6ccccc6s5)c4C3)nc2C(=O)O)cnn1CC12CC3(C)CC(C)(C1)CC(OCCN(Cc1ccc(O[C@@H]4O[C@H](C(=O)O)[C@@H](O)[C@H](O)[C@H]4O)cc1)C(=O)OCc1ccc(NC(=O)[C@H](CCCNC(N)=O)NC(=O)[C@@H](CC(=O)CCCCCN4C(=O)C=CC4=O)C(C)C)cc1)(C3)C2. The van der Waals surface area contributed by atoms with E-state index in [0.29, 0.717) is 96.2 Å². The molecule has 8 amide bonds. The number of aliphatic hydroxyl groups is 3. The van der Waals surface area contributed by atoms with Crippen LogP contribution in [0.1, 0.15) is 160 Å². The highest BCUT2D eigenvalue weighted by Gasteiger charge is 2.66. The van der Waals surface area contributed by atoms with Gasteiger partial charge in [-0.05, 0) is 177 Å². The number of unbranched alkanes of at least 4 members (excludes halogenated alkanes) is 2. The van der Waals surface area contributed by atoms with Gasteiger partial charge in [-0.1, -0.05) is 94.0 Å². The molecule has 7 aliphatic rings. The number of aromatic carboxylic acids is 1. The number of imide groups is 1. The number of amides is 8. The number of hydrogen-bond donors (Lipinski definition) is 10. The molecule has 4 bridgehead atoms. The number of nitrogens with zero attached hydrogens (tertiary/aromatic N) is 7. The topological polar surface area (TPSA) is 436 Å². The molecule has 31 nitrogen and oxygen atoms in total. The number of benzene rings is 4. The first kappa shape index (κ1) is 83.9. The van der Waals surface area contributed by atoms with E-state index in [1.54, 1.807) is 54.7 Å². The number of aliphatic carboxylic acids is 1. The Morgan fingerprint density at radius 3 is 2.20 bits per heavy atom. The normalized spacial score (nSPS) is 23.6. The lowest BCUT2D eigenvalue weighted by Gasteiger charge is -2.69. The number of hydrogen-bond acceptors (Lipinski definition) is 22. The summed E-state index contributed by atoms with van der Waals surface area (Å²) in [5.41, 5.74) is 10.5. The first-order valence-corrected chi connectivity index (χ1v) is 40.5. The zero-order valence-corrected chi connectivity index (χ0v) is 66.8. The van der Waals surface area contributed by atoms with Gasteiger partial charge in [0.15, 0.2) is 16.9 Å². The Morgan fingerprint density at radius 1 is 0.769 bits per heavy atom. The molecule has 5 fully saturated rings. The maximum Gasteiger partial charge on any atom is 0.410 e. The van der Waals surface area contributed by atoms with Crippen LogP contribution in [0, 0.1) is 35.0 Å². The molecule has 0 spiro atoms. The molecule has 6 heterocycles. The Kier molecular flexibility index (Phi) is 25.4. The van der Waals surface area contributed by atoms with Crippen molar-refractivity contribution >= 4 is 97.6 Å². The zero-order chi connectivity index (χ0) is 83.3. The number of carboxylic acids is 2. The van der Waals surface area contributed by atoms with E-state index in [-0.39, 0.29) is 122 Å². The fourth-order valence-corrected chi connectivity index (χ4v) is 19.7. The first-order chi connectivity index (χ1) is 55.8. The van der Waals surface area contributed by atoms with Gasteiger partial charge in [-0.3, -0.25) is 43.7 Å². The molecule has 4 saturated carbocycles. The van der Waals surface area contributed by atoms with Crippen LogP contribution in [0.15, 0.2) is 121 Å². The molecule has 3 aromatic heterocycles. The summed E-state index contributed by atoms with van der Waals surface area (Å²) in [6.07, 6.45) is 1.94. The molecule has 4 aromatic carbocycles. The van der Waals surface area contributed by atoms with Crippen molar-refractivity contribution in [2.75, 3.05) is 48.3 Å². The summed E-state index contributed by atoms with van der Waals surface area (Å²) < 4.78 is 27.3. The van der Waals surface area contributed by atoms with Crippen molar-refractivity contribution in [1.82, 2.24) is 40.2 Å². The molecule has 3 aliphatic heterocycles. The third-order valence-electron chi connectivity index (χ3n) is 23.4. The number of ketones is 1. The number of para-hydroxylation sites is 1. The summed E-state index contributed by atoms with van der Waals surface area (Å²) in [6, 6.07) is 28.0. The second-order valence-electron chi connectivity index (χ2n) is 33.2. The Morgan fingerprint density at radius 2 is 1.50 bits per heavy atom. The van der Waals surface area contributed by atoms with Crippen LogP contribution in [0.5, 0.6) is 5.75 Å². The largest absolute Gasteiger partial charge is 0.479 e. The predicted molar refractivity (Wildman–Crippen MR) is 429 cm³/mol. The predicted octanol–water partition coefficient (Wildman–Crippen LogP) is 9.21. The van der Waals surface area contributed by atoms with Gasteiger partial charge < -0.3 is 76.0 Å². The number of carboxylic acid groups (broad SMARTS) is 2. The molecule has 14 rings (SSSR count). The molecule has 2 unspecified atom stereocenters.